The van der Waals surface area contributed by atoms with Gasteiger partial charge in [0.05, 0.1) is 6.54 Å². The molecule has 1 saturated heterocycles. The maximum absolute atomic E-state index is 12.0. The zero-order valence-corrected chi connectivity index (χ0v) is 12.1. The Hall–Kier alpha value is -0.610. The second-order valence-corrected chi connectivity index (χ2v) is 5.65. The average molecular weight is 255 g/mol. The number of nitrogens with zero attached hydrogens (tertiary/aromatic N) is 1. The molecule has 0 spiro atoms. The van der Waals surface area contributed by atoms with Crippen molar-refractivity contribution in [3.05, 3.63) is 0 Å². The smallest absolute Gasteiger partial charge is 0.234 e. The van der Waals surface area contributed by atoms with Gasteiger partial charge < -0.3 is 11.1 Å². The van der Waals surface area contributed by atoms with E-state index in [1.165, 1.54) is 12.8 Å². The summed E-state index contributed by atoms with van der Waals surface area (Å²) in [5.41, 5.74) is 6.01. The zero-order valence-electron chi connectivity index (χ0n) is 12.1. The van der Waals surface area contributed by atoms with Gasteiger partial charge in [-0.3, -0.25) is 9.69 Å². The van der Waals surface area contributed by atoms with Crippen LogP contribution in [-0.2, 0) is 4.79 Å². The largest absolute Gasteiger partial charge is 0.353 e. The van der Waals surface area contributed by atoms with Crippen LogP contribution in [0, 0.1) is 0 Å². The van der Waals surface area contributed by atoms with Crippen LogP contribution in [0.25, 0.3) is 0 Å². The first-order valence-corrected chi connectivity index (χ1v) is 7.33. The van der Waals surface area contributed by atoms with Crippen molar-refractivity contribution in [3.63, 3.8) is 0 Å². The van der Waals surface area contributed by atoms with Gasteiger partial charge in [-0.15, -0.1) is 0 Å². The molecule has 4 nitrogen and oxygen atoms in total. The summed E-state index contributed by atoms with van der Waals surface area (Å²) in [4.78, 5) is 14.2. The number of amides is 1. The Morgan fingerprint density at radius 1 is 1.44 bits per heavy atom. The van der Waals surface area contributed by atoms with E-state index in [2.05, 4.69) is 24.1 Å². The molecule has 0 aromatic rings. The molecular weight excluding hydrogens is 226 g/mol. The molecule has 1 heterocycles. The van der Waals surface area contributed by atoms with E-state index in [4.69, 9.17) is 5.73 Å². The van der Waals surface area contributed by atoms with Gasteiger partial charge >= 0.3 is 0 Å². The van der Waals surface area contributed by atoms with E-state index in [9.17, 15) is 4.79 Å². The average Bonchev–Trinajstić information content (AvgIpc) is 2.29. The maximum atomic E-state index is 12.0. The van der Waals surface area contributed by atoms with Crippen LogP contribution < -0.4 is 11.1 Å². The minimum Gasteiger partial charge on any atom is -0.353 e. The molecule has 0 bridgehead atoms. The molecule has 3 atom stereocenters. The Kier molecular flexibility index (Phi) is 6.65. The van der Waals surface area contributed by atoms with Gasteiger partial charge in [0, 0.05) is 18.1 Å². The van der Waals surface area contributed by atoms with E-state index in [0.717, 1.165) is 25.8 Å². The predicted molar refractivity (Wildman–Crippen MR) is 75.4 cm³/mol. The molecule has 0 aromatic carbocycles. The zero-order chi connectivity index (χ0) is 13.5. The molecule has 1 rings (SSSR count). The molecule has 4 heteroatoms. The first-order chi connectivity index (χ1) is 8.54. The Morgan fingerprint density at radius 3 is 2.78 bits per heavy atom. The summed E-state index contributed by atoms with van der Waals surface area (Å²) in [5, 5.41) is 3.07. The second kappa shape index (κ2) is 7.74. The lowest BCUT2D eigenvalue weighted by atomic mass is 9.97. The molecule has 1 fully saturated rings. The minimum absolute atomic E-state index is 0.142. The highest BCUT2D eigenvalue weighted by Gasteiger charge is 2.26. The third-order valence-electron chi connectivity index (χ3n) is 3.75. The topological polar surface area (TPSA) is 58.4 Å². The monoisotopic (exact) mass is 255 g/mol. The van der Waals surface area contributed by atoms with Crippen LogP contribution in [0.4, 0.5) is 0 Å². The van der Waals surface area contributed by atoms with E-state index in [1.54, 1.807) is 0 Å². The van der Waals surface area contributed by atoms with Crippen molar-refractivity contribution in [2.24, 2.45) is 5.73 Å². The predicted octanol–water partition coefficient (Wildman–Crippen LogP) is 1.49. The van der Waals surface area contributed by atoms with Crippen molar-refractivity contribution in [1.82, 2.24) is 10.2 Å². The van der Waals surface area contributed by atoms with Gasteiger partial charge in [-0.1, -0.05) is 19.8 Å². The molecule has 0 aromatic heterocycles. The Bertz CT molecular complexity index is 255. The summed E-state index contributed by atoms with van der Waals surface area (Å²) in [7, 11) is 0. The third-order valence-corrected chi connectivity index (χ3v) is 3.75. The normalized spacial score (nSPS) is 24.6. The van der Waals surface area contributed by atoms with E-state index in [-0.39, 0.29) is 18.0 Å². The number of hydrogen-bond acceptors (Lipinski definition) is 3. The molecule has 1 amide bonds. The fourth-order valence-electron chi connectivity index (χ4n) is 2.82. The van der Waals surface area contributed by atoms with Gasteiger partial charge in [-0.05, 0) is 39.7 Å². The number of hydrogen-bond donors (Lipinski definition) is 2. The number of carbonyl (C=O) groups excluding carboxylic acids is 1. The molecule has 3 N–H and O–H groups in total. The third kappa shape index (κ3) is 4.94. The highest BCUT2D eigenvalue weighted by Crippen LogP contribution is 2.18. The summed E-state index contributed by atoms with van der Waals surface area (Å²) in [5.74, 6) is 0.142. The summed E-state index contributed by atoms with van der Waals surface area (Å²) >= 11 is 0. The van der Waals surface area contributed by atoms with Crippen LogP contribution in [-0.4, -0.2) is 42.0 Å². The quantitative estimate of drug-likeness (QED) is 0.756. The molecule has 0 aliphatic carbocycles. The maximum Gasteiger partial charge on any atom is 0.234 e. The van der Waals surface area contributed by atoms with Gasteiger partial charge in [-0.2, -0.15) is 0 Å². The van der Waals surface area contributed by atoms with Gasteiger partial charge in [0.1, 0.15) is 0 Å². The minimum atomic E-state index is 0.142. The number of piperidine rings is 1. The van der Waals surface area contributed by atoms with Crippen molar-refractivity contribution in [2.45, 2.75) is 71.0 Å². The van der Waals surface area contributed by atoms with E-state index in [1.807, 2.05) is 6.92 Å². The van der Waals surface area contributed by atoms with Gasteiger partial charge in [0.15, 0.2) is 0 Å². The number of carbonyl (C=O) groups is 1. The van der Waals surface area contributed by atoms with Crippen LogP contribution in [0.3, 0.4) is 0 Å². The number of nitrogens with two attached hydrogens (primary N) is 1. The highest BCUT2D eigenvalue weighted by molar-refractivity contribution is 5.78. The van der Waals surface area contributed by atoms with Crippen molar-refractivity contribution in [2.75, 3.05) is 13.1 Å². The molecule has 1 aliphatic heterocycles. The molecule has 18 heavy (non-hydrogen) atoms. The number of likely N-dealkylation sites (tertiary alicyclic amines) is 1. The van der Waals surface area contributed by atoms with Crippen LogP contribution in [0.1, 0.15) is 52.9 Å². The van der Waals surface area contributed by atoms with Crippen molar-refractivity contribution >= 4 is 5.91 Å². The Morgan fingerprint density at radius 2 is 2.17 bits per heavy atom. The molecule has 0 radical (unpaired) electrons. The molecule has 1 aliphatic rings. The fourth-order valence-corrected chi connectivity index (χ4v) is 2.82. The standard InChI is InChI=1S/C14H29N3O/c1-4-7-11(2)16-14(18)10-17-9-6-5-8-13(17)12(3)15/h11-13H,4-10,15H2,1-3H3,(H,16,18). The molecule has 3 unspecified atom stereocenters. The van der Waals surface area contributed by atoms with E-state index < -0.39 is 0 Å². The summed E-state index contributed by atoms with van der Waals surface area (Å²) in [6.07, 6.45) is 5.68. The lowest BCUT2D eigenvalue weighted by molar-refractivity contribution is -0.123. The lowest BCUT2D eigenvalue weighted by Gasteiger charge is -2.37. The van der Waals surface area contributed by atoms with Crippen molar-refractivity contribution < 1.29 is 4.79 Å². The number of nitrogens with one attached hydrogen (secondary N) is 1. The van der Waals surface area contributed by atoms with E-state index >= 15 is 0 Å². The van der Waals surface area contributed by atoms with Crippen molar-refractivity contribution in [1.29, 1.82) is 0 Å². The molecular formula is C14H29N3O. The van der Waals surface area contributed by atoms with Crippen LogP contribution in [0.5, 0.6) is 0 Å². The van der Waals surface area contributed by atoms with Crippen LogP contribution >= 0.6 is 0 Å². The Balaban J connectivity index is 2.41. The second-order valence-electron chi connectivity index (χ2n) is 5.65. The molecule has 0 saturated carbocycles. The highest BCUT2D eigenvalue weighted by atomic mass is 16.2. The Labute approximate surface area is 111 Å². The first kappa shape index (κ1) is 15.4. The fraction of sp³-hybridized carbons (Fsp3) is 0.929. The first-order valence-electron chi connectivity index (χ1n) is 7.33. The van der Waals surface area contributed by atoms with Gasteiger partial charge in [0.25, 0.3) is 0 Å². The molecule has 106 valence electrons. The van der Waals surface area contributed by atoms with Crippen LogP contribution in [0.15, 0.2) is 0 Å². The summed E-state index contributed by atoms with van der Waals surface area (Å²) in [6, 6.07) is 0.790. The summed E-state index contributed by atoms with van der Waals surface area (Å²) < 4.78 is 0. The van der Waals surface area contributed by atoms with Gasteiger partial charge in [0.2, 0.25) is 5.91 Å². The number of rotatable bonds is 6. The SMILES string of the molecule is CCCC(C)NC(=O)CN1CCCCC1C(C)N. The lowest BCUT2D eigenvalue weighted by Crippen LogP contribution is -2.52. The van der Waals surface area contributed by atoms with Gasteiger partial charge in [-0.25, -0.2) is 0 Å². The summed E-state index contributed by atoms with van der Waals surface area (Å²) in [6.45, 7) is 7.75. The van der Waals surface area contributed by atoms with E-state index in [0.29, 0.717) is 12.6 Å². The van der Waals surface area contributed by atoms with Crippen molar-refractivity contribution in [3.8, 4) is 0 Å². The van der Waals surface area contributed by atoms with Crippen LogP contribution in [0.2, 0.25) is 0 Å².